The molecule has 0 radical (unpaired) electrons. The molecule has 0 aromatic carbocycles. The predicted molar refractivity (Wildman–Crippen MR) is 89.2 cm³/mol. The molecule has 0 aliphatic carbocycles. The standard InChI is InChI=1S/C15H20N6O2S/c1-11(15(23)20-6-3-2-4-7-20)18-12(22)9-21-10-17-13(19-21)14-16-5-8-24-14/h5,8,10-11H,2-4,6-7,9H2,1H3,(H,18,22). The van der Waals surface area contributed by atoms with E-state index in [1.165, 1.54) is 22.3 Å². The zero-order valence-electron chi connectivity index (χ0n) is 13.5. The SMILES string of the molecule is CC(NC(=O)Cn1cnc(-c2nccs2)n1)C(=O)N1CCCCC1. The normalized spacial score (nSPS) is 16.0. The van der Waals surface area contributed by atoms with E-state index in [1.807, 2.05) is 10.3 Å². The highest BCUT2D eigenvalue weighted by Crippen LogP contribution is 2.16. The molecular formula is C15H20N6O2S. The first-order valence-corrected chi connectivity index (χ1v) is 8.89. The fourth-order valence-corrected chi connectivity index (χ4v) is 3.26. The van der Waals surface area contributed by atoms with Gasteiger partial charge in [-0.25, -0.2) is 14.6 Å². The third-order valence-electron chi connectivity index (χ3n) is 3.88. The van der Waals surface area contributed by atoms with E-state index in [9.17, 15) is 9.59 Å². The van der Waals surface area contributed by atoms with Crippen molar-refractivity contribution in [2.24, 2.45) is 0 Å². The van der Waals surface area contributed by atoms with E-state index in [2.05, 4.69) is 20.4 Å². The highest BCUT2D eigenvalue weighted by atomic mass is 32.1. The van der Waals surface area contributed by atoms with Crippen LogP contribution in [0, 0.1) is 0 Å². The molecule has 3 rings (SSSR count). The summed E-state index contributed by atoms with van der Waals surface area (Å²) in [5, 5.41) is 9.52. The Morgan fingerprint density at radius 1 is 1.29 bits per heavy atom. The Bertz CT molecular complexity index is 693. The maximum absolute atomic E-state index is 12.3. The molecule has 2 aromatic rings. The van der Waals surface area contributed by atoms with Gasteiger partial charge in [-0.15, -0.1) is 16.4 Å². The number of aromatic nitrogens is 4. The van der Waals surface area contributed by atoms with Crippen LogP contribution in [0.25, 0.3) is 10.8 Å². The maximum atomic E-state index is 12.3. The van der Waals surface area contributed by atoms with Crippen LogP contribution in [0.4, 0.5) is 0 Å². The van der Waals surface area contributed by atoms with Crippen LogP contribution in [0.2, 0.25) is 0 Å². The van der Waals surface area contributed by atoms with Crippen molar-refractivity contribution in [2.45, 2.75) is 38.8 Å². The molecule has 9 heteroatoms. The van der Waals surface area contributed by atoms with Gasteiger partial charge < -0.3 is 10.2 Å². The van der Waals surface area contributed by atoms with Crippen molar-refractivity contribution < 1.29 is 9.59 Å². The van der Waals surface area contributed by atoms with Crippen LogP contribution in [0.3, 0.4) is 0 Å². The van der Waals surface area contributed by atoms with E-state index in [-0.39, 0.29) is 18.4 Å². The molecule has 24 heavy (non-hydrogen) atoms. The summed E-state index contributed by atoms with van der Waals surface area (Å²) in [5.41, 5.74) is 0. The highest BCUT2D eigenvalue weighted by molar-refractivity contribution is 7.12. The first kappa shape index (κ1) is 16.6. The van der Waals surface area contributed by atoms with Crippen molar-refractivity contribution in [2.75, 3.05) is 13.1 Å². The molecule has 2 amide bonds. The van der Waals surface area contributed by atoms with Crippen molar-refractivity contribution >= 4 is 23.2 Å². The minimum Gasteiger partial charge on any atom is -0.343 e. The maximum Gasteiger partial charge on any atom is 0.244 e. The Balaban J connectivity index is 1.52. The molecule has 8 nitrogen and oxygen atoms in total. The Morgan fingerprint density at radius 2 is 2.08 bits per heavy atom. The third kappa shape index (κ3) is 3.97. The molecule has 3 heterocycles. The summed E-state index contributed by atoms with van der Waals surface area (Å²) in [6.07, 6.45) is 6.41. The third-order valence-corrected chi connectivity index (χ3v) is 4.65. The van der Waals surface area contributed by atoms with Gasteiger partial charge >= 0.3 is 0 Å². The van der Waals surface area contributed by atoms with Gasteiger partial charge in [-0.05, 0) is 26.2 Å². The number of nitrogens with zero attached hydrogens (tertiary/aromatic N) is 5. The Hall–Kier alpha value is -2.29. The number of hydrogen-bond donors (Lipinski definition) is 1. The summed E-state index contributed by atoms with van der Waals surface area (Å²) in [4.78, 5) is 34.5. The number of hydrogen-bond acceptors (Lipinski definition) is 6. The van der Waals surface area contributed by atoms with Gasteiger partial charge in [-0.3, -0.25) is 9.59 Å². The van der Waals surface area contributed by atoms with Crippen LogP contribution in [0.5, 0.6) is 0 Å². The highest BCUT2D eigenvalue weighted by Gasteiger charge is 2.23. The van der Waals surface area contributed by atoms with E-state index in [1.54, 1.807) is 13.1 Å². The summed E-state index contributed by atoms with van der Waals surface area (Å²) < 4.78 is 1.45. The van der Waals surface area contributed by atoms with E-state index in [4.69, 9.17) is 0 Å². The van der Waals surface area contributed by atoms with Crippen LogP contribution in [0.1, 0.15) is 26.2 Å². The Labute approximate surface area is 143 Å². The number of likely N-dealkylation sites (tertiary alicyclic amines) is 1. The lowest BCUT2D eigenvalue weighted by atomic mass is 10.1. The molecule has 2 aromatic heterocycles. The number of piperidine rings is 1. The number of nitrogens with one attached hydrogen (secondary N) is 1. The lowest BCUT2D eigenvalue weighted by Gasteiger charge is -2.29. The summed E-state index contributed by atoms with van der Waals surface area (Å²) >= 11 is 1.44. The molecule has 1 aliphatic rings. The van der Waals surface area contributed by atoms with Crippen LogP contribution in [0.15, 0.2) is 17.9 Å². The van der Waals surface area contributed by atoms with Crippen molar-refractivity contribution in [3.8, 4) is 10.8 Å². The summed E-state index contributed by atoms with van der Waals surface area (Å²) in [5.74, 6) is 0.212. The van der Waals surface area contributed by atoms with Crippen LogP contribution in [-0.4, -0.2) is 55.6 Å². The van der Waals surface area contributed by atoms with Gasteiger partial charge in [0.1, 0.15) is 18.9 Å². The zero-order chi connectivity index (χ0) is 16.9. The molecule has 128 valence electrons. The average molecular weight is 348 g/mol. The van der Waals surface area contributed by atoms with Gasteiger partial charge in [-0.1, -0.05) is 0 Å². The van der Waals surface area contributed by atoms with Gasteiger partial charge in [0.15, 0.2) is 5.01 Å². The Morgan fingerprint density at radius 3 is 2.79 bits per heavy atom. The van der Waals surface area contributed by atoms with Crippen LogP contribution >= 0.6 is 11.3 Å². The Kier molecular flexibility index (Phi) is 5.19. The minimum atomic E-state index is -0.530. The second-order valence-corrected chi connectivity index (χ2v) is 6.67. The number of amides is 2. The number of thiazole rings is 1. The molecule has 0 saturated carbocycles. The first-order chi connectivity index (χ1) is 11.6. The van der Waals surface area contributed by atoms with Gasteiger partial charge in [0.25, 0.3) is 0 Å². The number of rotatable bonds is 5. The van der Waals surface area contributed by atoms with Gasteiger partial charge in [-0.2, -0.15) is 0 Å². The molecule has 0 bridgehead atoms. The minimum absolute atomic E-state index is 0.0230. The molecule has 1 N–H and O–H groups in total. The van der Waals surface area contributed by atoms with E-state index >= 15 is 0 Å². The second kappa shape index (κ2) is 7.52. The molecule has 1 atom stereocenters. The summed E-state index contributed by atoms with van der Waals surface area (Å²) in [6, 6.07) is -0.530. The first-order valence-electron chi connectivity index (χ1n) is 8.01. The molecule has 1 saturated heterocycles. The molecule has 0 spiro atoms. The van der Waals surface area contributed by atoms with E-state index in [0.29, 0.717) is 10.8 Å². The van der Waals surface area contributed by atoms with Crippen LogP contribution < -0.4 is 5.32 Å². The molecular weight excluding hydrogens is 328 g/mol. The average Bonchev–Trinajstić information content (AvgIpc) is 3.26. The quantitative estimate of drug-likeness (QED) is 0.867. The lowest BCUT2D eigenvalue weighted by Crippen LogP contribution is -2.49. The van der Waals surface area contributed by atoms with Crippen LogP contribution in [-0.2, 0) is 16.1 Å². The monoisotopic (exact) mass is 348 g/mol. The van der Waals surface area contributed by atoms with Gasteiger partial charge in [0.05, 0.1) is 0 Å². The lowest BCUT2D eigenvalue weighted by molar-refractivity contribution is -0.136. The van der Waals surface area contributed by atoms with Gasteiger partial charge in [0.2, 0.25) is 17.6 Å². The fourth-order valence-electron chi connectivity index (χ4n) is 2.69. The zero-order valence-corrected chi connectivity index (χ0v) is 14.3. The number of carbonyl (C=O) groups excluding carboxylic acids is 2. The second-order valence-electron chi connectivity index (χ2n) is 5.78. The van der Waals surface area contributed by atoms with Crippen molar-refractivity contribution in [3.63, 3.8) is 0 Å². The molecule has 1 unspecified atom stereocenters. The van der Waals surface area contributed by atoms with Gasteiger partial charge in [0, 0.05) is 24.7 Å². The summed E-state index contributed by atoms with van der Waals surface area (Å²) in [6.45, 7) is 3.30. The predicted octanol–water partition coefficient (Wildman–Crippen LogP) is 0.919. The van der Waals surface area contributed by atoms with E-state index in [0.717, 1.165) is 32.4 Å². The van der Waals surface area contributed by atoms with Crippen molar-refractivity contribution in [1.82, 2.24) is 30.0 Å². The van der Waals surface area contributed by atoms with Crippen molar-refractivity contribution in [1.29, 1.82) is 0 Å². The summed E-state index contributed by atoms with van der Waals surface area (Å²) in [7, 11) is 0. The van der Waals surface area contributed by atoms with Crippen molar-refractivity contribution in [3.05, 3.63) is 17.9 Å². The number of carbonyl (C=O) groups is 2. The largest absolute Gasteiger partial charge is 0.343 e. The topological polar surface area (TPSA) is 93.0 Å². The fraction of sp³-hybridized carbons (Fsp3) is 0.533. The van der Waals surface area contributed by atoms with E-state index < -0.39 is 6.04 Å². The molecule has 1 fully saturated rings. The smallest absolute Gasteiger partial charge is 0.244 e. The molecule has 1 aliphatic heterocycles.